The summed E-state index contributed by atoms with van der Waals surface area (Å²) in [5, 5.41) is 3.17. The van der Waals surface area contributed by atoms with Crippen LogP contribution >= 0.6 is 0 Å². The molecule has 3 aromatic carbocycles. The topological polar surface area (TPSA) is 84.0 Å². The van der Waals surface area contributed by atoms with Gasteiger partial charge in [-0.15, -0.1) is 0 Å². The third-order valence-electron chi connectivity index (χ3n) is 4.27. The van der Waals surface area contributed by atoms with Crippen LogP contribution in [0.3, 0.4) is 0 Å². The first-order valence-corrected chi connectivity index (χ1v) is 10.4. The number of aryl methyl sites for hydroxylation is 1. The van der Waals surface area contributed by atoms with E-state index in [1.807, 2.05) is 49.4 Å². The van der Waals surface area contributed by atoms with Gasteiger partial charge in [0.15, 0.2) is 11.6 Å². The molecule has 8 heteroatoms. The molecule has 0 unspecified atom stereocenters. The van der Waals surface area contributed by atoms with Crippen molar-refractivity contribution in [3.05, 3.63) is 78.4 Å². The maximum Gasteiger partial charge on any atom is 0.263 e. The Hall–Kier alpha value is -3.39. The van der Waals surface area contributed by atoms with Crippen molar-refractivity contribution in [2.75, 3.05) is 10.0 Å². The summed E-state index contributed by atoms with van der Waals surface area (Å²) >= 11 is 0. The Morgan fingerprint density at radius 2 is 1.48 bits per heavy atom. The number of sulfonamides is 1. The zero-order valence-corrected chi connectivity index (χ0v) is 16.4. The fraction of sp³-hybridized carbons (Fsp3) is 0.0476. The van der Waals surface area contributed by atoms with E-state index < -0.39 is 10.0 Å². The molecule has 1 heterocycles. The lowest BCUT2D eigenvalue weighted by Gasteiger charge is -2.14. The minimum atomic E-state index is -3.87. The predicted molar refractivity (Wildman–Crippen MR) is 117 cm³/mol. The van der Waals surface area contributed by atoms with Crippen molar-refractivity contribution in [1.29, 1.82) is 0 Å². The highest BCUT2D eigenvalue weighted by atomic mass is 32.2. The van der Waals surface area contributed by atoms with E-state index >= 15 is 0 Å². The minimum Gasteiger partial charge on any atom is -0.337 e. The third-order valence-corrected chi connectivity index (χ3v) is 5.63. The third kappa shape index (κ3) is 4.22. The van der Waals surface area contributed by atoms with Gasteiger partial charge in [-0.3, -0.25) is 4.72 Å². The van der Waals surface area contributed by atoms with Crippen LogP contribution in [0.2, 0.25) is 0 Å². The summed E-state index contributed by atoms with van der Waals surface area (Å²) in [5.74, 6) is 0.426. The van der Waals surface area contributed by atoms with Crippen LogP contribution in [0.25, 0.3) is 11.0 Å². The standard InChI is InChI=1S/C21H17BN4O2S/c1-14-5-4-6-16(13-14)23-20-21(25-19-8-3-2-7-18(19)24-20)26-29(27,28)17-11-9-15(22)10-12-17/h2-13H,1H3,(H,23,24)(H,25,26). The van der Waals surface area contributed by atoms with Gasteiger partial charge in [0, 0.05) is 5.69 Å². The predicted octanol–water partition coefficient (Wildman–Crippen LogP) is 3.28. The number of hydrogen-bond donors (Lipinski definition) is 2. The summed E-state index contributed by atoms with van der Waals surface area (Å²) in [6.07, 6.45) is 0. The van der Waals surface area contributed by atoms with Crippen molar-refractivity contribution in [3.8, 4) is 0 Å². The molecular weight excluding hydrogens is 383 g/mol. The molecule has 6 nitrogen and oxygen atoms in total. The molecule has 0 saturated heterocycles. The van der Waals surface area contributed by atoms with Gasteiger partial charge < -0.3 is 5.32 Å². The number of fused-ring (bicyclic) bond motifs is 1. The smallest absolute Gasteiger partial charge is 0.263 e. The van der Waals surface area contributed by atoms with Crippen LogP contribution in [0.1, 0.15) is 5.56 Å². The van der Waals surface area contributed by atoms with Crippen LogP contribution in [0.5, 0.6) is 0 Å². The number of anilines is 3. The van der Waals surface area contributed by atoms with Crippen LogP contribution in [-0.2, 0) is 10.0 Å². The number of benzene rings is 3. The van der Waals surface area contributed by atoms with Gasteiger partial charge in [-0.05, 0) is 48.9 Å². The lowest BCUT2D eigenvalue weighted by molar-refractivity contribution is 0.601. The summed E-state index contributed by atoms with van der Waals surface area (Å²) in [7, 11) is 1.79. The van der Waals surface area contributed by atoms with Gasteiger partial charge in [0.1, 0.15) is 7.85 Å². The Morgan fingerprint density at radius 1 is 0.828 bits per heavy atom. The highest BCUT2D eigenvalue weighted by molar-refractivity contribution is 7.92. The average Bonchev–Trinajstić information content (AvgIpc) is 2.68. The second-order valence-corrected chi connectivity index (χ2v) is 8.26. The van der Waals surface area contributed by atoms with E-state index in [1.54, 1.807) is 6.07 Å². The highest BCUT2D eigenvalue weighted by Gasteiger charge is 2.19. The van der Waals surface area contributed by atoms with Crippen LogP contribution in [0.4, 0.5) is 17.3 Å². The van der Waals surface area contributed by atoms with Gasteiger partial charge in [-0.2, -0.15) is 0 Å². The number of aromatic nitrogens is 2. The maximum atomic E-state index is 12.9. The van der Waals surface area contributed by atoms with Crippen molar-refractivity contribution < 1.29 is 8.42 Å². The highest BCUT2D eigenvalue weighted by Crippen LogP contribution is 2.27. The lowest BCUT2D eigenvalue weighted by atomic mass is 9.97. The van der Waals surface area contributed by atoms with Gasteiger partial charge in [0.25, 0.3) is 10.0 Å². The van der Waals surface area contributed by atoms with E-state index in [9.17, 15) is 8.42 Å². The Morgan fingerprint density at radius 3 is 2.14 bits per heavy atom. The van der Waals surface area contributed by atoms with Crippen molar-refractivity contribution in [1.82, 2.24) is 9.97 Å². The molecule has 1 aromatic heterocycles. The van der Waals surface area contributed by atoms with Crippen LogP contribution in [0, 0.1) is 6.92 Å². The number of hydrogen-bond acceptors (Lipinski definition) is 5. The zero-order chi connectivity index (χ0) is 20.4. The van der Waals surface area contributed by atoms with Crippen LogP contribution < -0.4 is 15.5 Å². The number of rotatable bonds is 5. The Labute approximate surface area is 170 Å². The van der Waals surface area contributed by atoms with E-state index in [2.05, 4.69) is 20.0 Å². The minimum absolute atomic E-state index is 0.0863. The molecule has 29 heavy (non-hydrogen) atoms. The summed E-state index contributed by atoms with van der Waals surface area (Å²) in [5.41, 5.74) is 3.56. The van der Waals surface area contributed by atoms with Gasteiger partial charge in [0.2, 0.25) is 0 Å². The van der Waals surface area contributed by atoms with Gasteiger partial charge in [0.05, 0.1) is 15.9 Å². The molecular formula is C21H17BN4O2S. The molecule has 2 radical (unpaired) electrons. The molecule has 0 spiro atoms. The summed E-state index contributed by atoms with van der Waals surface area (Å²) in [6.45, 7) is 1.97. The summed E-state index contributed by atoms with van der Waals surface area (Å²) in [4.78, 5) is 9.14. The SMILES string of the molecule is [B]c1ccc(S(=O)(=O)Nc2nc3ccccc3nc2Nc2cccc(C)c2)cc1. The van der Waals surface area contributed by atoms with Gasteiger partial charge >= 0.3 is 0 Å². The maximum absolute atomic E-state index is 12.9. The van der Waals surface area contributed by atoms with Crippen molar-refractivity contribution in [3.63, 3.8) is 0 Å². The molecule has 0 amide bonds. The average molecular weight is 400 g/mol. The molecule has 0 aliphatic heterocycles. The molecule has 142 valence electrons. The summed E-state index contributed by atoms with van der Waals surface area (Å²) < 4.78 is 28.3. The van der Waals surface area contributed by atoms with Gasteiger partial charge in [-0.25, -0.2) is 18.4 Å². The fourth-order valence-corrected chi connectivity index (χ4v) is 3.86. The second kappa shape index (κ2) is 7.56. The number of para-hydroxylation sites is 2. The largest absolute Gasteiger partial charge is 0.337 e. The van der Waals surface area contributed by atoms with Gasteiger partial charge in [-0.1, -0.05) is 41.9 Å². The molecule has 0 aliphatic rings. The van der Waals surface area contributed by atoms with E-state index in [0.717, 1.165) is 11.3 Å². The quantitative estimate of drug-likeness (QED) is 0.503. The number of nitrogens with zero attached hydrogens (tertiary/aromatic N) is 2. The molecule has 0 bridgehead atoms. The molecule has 0 atom stereocenters. The molecule has 4 rings (SSSR count). The first-order chi connectivity index (χ1) is 13.9. The van der Waals surface area contributed by atoms with Crippen molar-refractivity contribution in [2.45, 2.75) is 11.8 Å². The Kier molecular flexibility index (Phi) is 4.94. The monoisotopic (exact) mass is 400 g/mol. The van der Waals surface area contributed by atoms with Crippen molar-refractivity contribution in [2.24, 2.45) is 0 Å². The van der Waals surface area contributed by atoms with Crippen molar-refractivity contribution >= 4 is 51.7 Å². The first-order valence-electron chi connectivity index (χ1n) is 8.89. The van der Waals surface area contributed by atoms with E-state index in [-0.39, 0.29) is 10.7 Å². The fourth-order valence-electron chi connectivity index (χ4n) is 2.85. The van der Waals surface area contributed by atoms with Crippen LogP contribution in [-0.4, -0.2) is 26.2 Å². The van der Waals surface area contributed by atoms with E-state index in [4.69, 9.17) is 7.85 Å². The Bertz CT molecular complexity index is 1290. The lowest BCUT2D eigenvalue weighted by Crippen LogP contribution is -2.16. The first kappa shape index (κ1) is 19.0. The van der Waals surface area contributed by atoms with E-state index in [1.165, 1.54) is 24.3 Å². The van der Waals surface area contributed by atoms with E-state index in [0.29, 0.717) is 22.3 Å². The molecule has 0 aliphatic carbocycles. The molecule has 2 N–H and O–H groups in total. The normalized spacial score (nSPS) is 11.3. The van der Waals surface area contributed by atoms with Crippen LogP contribution in [0.15, 0.2) is 77.7 Å². The number of nitrogens with one attached hydrogen (secondary N) is 2. The molecule has 0 saturated carbocycles. The second-order valence-electron chi connectivity index (χ2n) is 6.58. The Balaban J connectivity index is 1.78. The zero-order valence-electron chi connectivity index (χ0n) is 15.6. The summed E-state index contributed by atoms with van der Waals surface area (Å²) in [6, 6.07) is 20.9. The molecule has 4 aromatic rings. The molecule has 0 fully saturated rings.